The third-order valence-electron chi connectivity index (χ3n) is 8.55. The van der Waals surface area contributed by atoms with Crippen molar-refractivity contribution < 1.29 is 6.85 Å². The molecule has 0 aliphatic carbocycles. The van der Waals surface area contributed by atoms with E-state index in [-0.39, 0.29) is 42.5 Å². The SMILES string of the molecule is [2H]c1c([2H])c([2H])c(-c2cc3c4c(c2)Sc2c(n(-c5ccccc5)c5ccccc25)B4c2sc4ccc([Si](C)(C)C)cc4c2S3)c([2H])c1[2H]. The molecule has 0 amide bonds. The minimum atomic E-state index is -1.58. The molecular formula is C37H28BNS3Si. The maximum absolute atomic E-state index is 8.82. The summed E-state index contributed by atoms with van der Waals surface area (Å²) in [5, 5.41) is 3.89. The lowest BCUT2D eigenvalue weighted by Gasteiger charge is -2.31. The third kappa shape index (κ3) is 3.93. The Morgan fingerprint density at radius 2 is 1.44 bits per heavy atom. The van der Waals surface area contributed by atoms with Crippen molar-refractivity contribution in [2.24, 2.45) is 0 Å². The van der Waals surface area contributed by atoms with E-state index in [4.69, 9.17) is 6.85 Å². The van der Waals surface area contributed by atoms with Crippen molar-refractivity contribution in [1.29, 1.82) is 0 Å². The molecule has 9 rings (SSSR count). The van der Waals surface area contributed by atoms with Crippen molar-refractivity contribution in [2.75, 3.05) is 0 Å². The Labute approximate surface area is 273 Å². The lowest BCUT2D eigenvalue weighted by atomic mass is 9.41. The van der Waals surface area contributed by atoms with E-state index < -0.39 is 8.07 Å². The van der Waals surface area contributed by atoms with E-state index in [1.165, 1.54) is 46.3 Å². The van der Waals surface area contributed by atoms with E-state index in [1.54, 1.807) is 23.5 Å². The predicted octanol–water partition coefficient (Wildman–Crippen LogP) is 8.50. The molecule has 0 bridgehead atoms. The van der Waals surface area contributed by atoms with Gasteiger partial charge in [0.05, 0.1) is 20.4 Å². The molecule has 2 aliphatic heterocycles. The van der Waals surface area contributed by atoms with Gasteiger partial charge in [-0.1, -0.05) is 127 Å². The Kier molecular flexibility index (Phi) is 4.73. The average molecular weight is 627 g/mol. The Morgan fingerprint density at radius 1 is 0.721 bits per heavy atom. The van der Waals surface area contributed by atoms with Crippen LogP contribution in [-0.4, -0.2) is 19.4 Å². The summed E-state index contributed by atoms with van der Waals surface area (Å²) in [5.41, 5.74) is 5.67. The van der Waals surface area contributed by atoms with E-state index in [9.17, 15) is 0 Å². The first-order chi connectivity index (χ1) is 23.0. The molecule has 206 valence electrons. The molecule has 0 fully saturated rings. The molecule has 43 heavy (non-hydrogen) atoms. The highest BCUT2D eigenvalue weighted by atomic mass is 32.2. The lowest BCUT2D eigenvalue weighted by Crippen LogP contribution is -2.58. The molecule has 4 heterocycles. The van der Waals surface area contributed by atoms with E-state index in [0.29, 0.717) is 5.56 Å². The van der Waals surface area contributed by atoms with Crippen LogP contribution in [0.3, 0.4) is 0 Å². The van der Waals surface area contributed by atoms with Crippen LogP contribution in [0.25, 0.3) is 37.8 Å². The first-order valence-corrected chi connectivity index (χ1v) is 20.3. The standard InChI is InChI=1S/C37H28BNS3Si/c1-43(2,3)26-18-19-30-28(22-26)35-37(42-30)38-33-31(20-24(21-32(33)41-35)23-12-6-4-7-13-23)40-34-27-16-10-11-17-29(27)39(36(34)38)25-14-8-5-9-15-25/h4-22H,1-3H3/i4D,6D,7D,12D,13D. The number of nitrogens with zero attached hydrogens (tertiary/aromatic N) is 1. The molecule has 0 saturated heterocycles. The van der Waals surface area contributed by atoms with Crippen LogP contribution in [0.1, 0.15) is 6.85 Å². The van der Waals surface area contributed by atoms with Crippen molar-refractivity contribution in [2.45, 2.75) is 39.2 Å². The molecule has 2 aliphatic rings. The van der Waals surface area contributed by atoms with Crippen LogP contribution in [0, 0.1) is 0 Å². The second-order valence-corrected chi connectivity index (χ2v) is 20.4. The van der Waals surface area contributed by atoms with E-state index in [0.717, 1.165) is 21.0 Å². The summed E-state index contributed by atoms with van der Waals surface area (Å²) in [4.78, 5) is 4.61. The van der Waals surface area contributed by atoms with Gasteiger partial charge in [-0.25, -0.2) is 0 Å². The number of fused-ring (bicyclic) bond motifs is 8. The third-order valence-corrected chi connectivity index (χ3v) is 14.4. The van der Waals surface area contributed by atoms with Crippen LogP contribution in [0.4, 0.5) is 0 Å². The topological polar surface area (TPSA) is 4.93 Å². The van der Waals surface area contributed by atoms with E-state index >= 15 is 0 Å². The fraction of sp³-hybridized carbons (Fsp3) is 0.0811. The molecule has 5 aromatic carbocycles. The summed E-state index contributed by atoms with van der Waals surface area (Å²) in [6.07, 6.45) is 0. The van der Waals surface area contributed by atoms with Gasteiger partial charge < -0.3 is 4.57 Å². The molecule has 0 N–H and O–H groups in total. The fourth-order valence-electron chi connectivity index (χ4n) is 6.51. The zero-order valence-corrected chi connectivity index (χ0v) is 27.3. The second kappa shape index (κ2) is 9.54. The summed E-state index contributed by atoms with van der Waals surface area (Å²) in [7, 11) is -1.58. The van der Waals surface area contributed by atoms with Crippen LogP contribution in [0.2, 0.25) is 19.6 Å². The first-order valence-electron chi connectivity index (χ1n) is 16.9. The Hall–Kier alpha value is -3.42. The number of para-hydroxylation sites is 2. The maximum Gasteiger partial charge on any atom is 0.280 e. The highest BCUT2D eigenvalue weighted by Gasteiger charge is 2.44. The molecule has 0 saturated carbocycles. The van der Waals surface area contributed by atoms with Crippen molar-refractivity contribution >= 4 is 91.7 Å². The lowest BCUT2D eigenvalue weighted by molar-refractivity contribution is 1.15. The molecule has 0 atom stereocenters. The predicted molar refractivity (Wildman–Crippen MR) is 193 cm³/mol. The number of hydrogen-bond donors (Lipinski definition) is 0. The highest BCUT2D eigenvalue weighted by molar-refractivity contribution is 8.02. The number of hydrogen-bond acceptors (Lipinski definition) is 3. The van der Waals surface area contributed by atoms with E-state index in [1.807, 2.05) is 11.3 Å². The first kappa shape index (κ1) is 21.3. The van der Waals surface area contributed by atoms with Crippen molar-refractivity contribution in [1.82, 2.24) is 4.57 Å². The molecule has 0 spiro atoms. The number of benzene rings is 5. The largest absolute Gasteiger partial charge is 0.320 e. The molecule has 6 heteroatoms. The molecular weight excluding hydrogens is 594 g/mol. The zero-order valence-electron chi connectivity index (χ0n) is 28.8. The van der Waals surface area contributed by atoms with E-state index in [2.05, 4.69) is 109 Å². The van der Waals surface area contributed by atoms with Gasteiger partial charge in [0.15, 0.2) is 0 Å². The number of rotatable bonds is 3. The van der Waals surface area contributed by atoms with Gasteiger partial charge in [0.2, 0.25) is 0 Å². The van der Waals surface area contributed by atoms with Gasteiger partial charge in [-0.3, -0.25) is 0 Å². The normalized spacial score (nSPS) is 15.3. The Balaban J connectivity index is 1.39. The quantitative estimate of drug-likeness (QED) is 0.181. The van der Waals surface area contributed by atoms with Gasteiger partial charge in [-0.05, 0) is 57.8 Å². The minimum Gasteiger partial charge on any atom is -0.320 e. The summed E-state index contributed by atoms with van der Waals surface area (Å²) >= 11 is 5.40. The molecule has 7 aromatic rings. The smallest absolute Gasteiger partial charge is 0.280 e. The van der Waals surface area contributed by atoms with Gasteiger partial charge in [-0.15, -0.1) is 11.3 Å². The van der Waals surface area contributed by atoms with Gasteiger partial charge in [-0.2, -0.15) is 0 Å². The fourth-order valence-corrected chi connectivity index (χ4v) is 11.8. The van der Waals surface area contributed by atoms with Crippen molar-refractivity contribution in [3.63, 3.8) is 0 Å². The summed E-state index contributed by atoms with van der Waals surface area (Å²) in [5.74, 6) is 0. The van der Waals surface area contributed by atoms with Crippen LogP contribution >= 0.6 is 34.9 Å². The molecule has 0 radical (unpaired) electrons. The summed E-state index contributed by atoms with van der Waals surface area (Å²) in [6, 6.07) is 29.0. The number of thiophene rings is 1. The molecule has 2 aromatic heterocycles. The summed E-state index contributed by atoms with van der Waals surface area (Å²) in [6.45, 7) is 7.13. The Morgan fingerprint density at radius 3 is 2.21 bits per heavy atom. The monoisotopic (exact) mass is 626 g/mol. The maximum atomic E-state index is 8.82. The van der Waals surface area contributed by atoms with Crippen molar-refractivity contribution in [3.8, 4) is 16.8 Å². The van der Waals surface area contributed by atoms with Gasteiger partial charge in [0.25, 0.3) is 6.71 Å². The van der Waals surface area contributed by atoms with Crippen LogP contribution < -0.4 is 21.0 Å². The summed E-state index contributed by atoms with van der Waals surface area (Å²) < 4.78 is 47.7. The van der Waals surface area contributed by atoms with Gasteiger partial charge >= 0.3 is 0 Å². The van der Waals surface area contributed by atoms with Crippen LogP contribution in [0.5, 0.6) is 0 Å². The Bertz CT molecular complexity index is 2490. The highest BCUT2D eigenvalue weighted by Crippen LogP contribution is 2.46. The zero-order chi connectivity index (χ0) is 33.2. The second-order valence-electron chi connectivity index (χ2n) is 12.2. The van der Waals surface area contributed by atoms with Crippen LogP contribution in [-0.2, 0) is 0 Å². The van der Waals surface area contributed by atoms with Gasteiger partial charge in [0, 0.05) is 46.3 Å². The molecule has 1 nitrogen and oxygen atoms in total. The van der Waals surface area contributed by atoms with Crippen molar-refractivity contribution in [3.05, 3.63) is 115 Å². The van der Waals surface area contributed by atoms with Crippen LogP contribution in [0.15, 0.2) is 135 Å². The minimum absolute atomic E-state index is 0.0306. The number of aromatic nitrogens is 1. The van der Waals surface area contributed by atoms with Gasteiger partial charge in [0.1, 0.15) is 0 Å². The average Bonchev–Trinajstić information content (AvgIpc) is 3.61. The molecule has 0 unspecified atom stereocenters.